The highest BCUT2D eigenvalue weighted by Gasteiger charge is 2.28. The second-order valence-electron chi connectivity index (χ2n) is 5.87. The predicted molar refractivity (Wildman–Crippen MR) is 83.5 cm³/mol. The Labute approximate surface area is 137 Å². The molecule has 1 amide bonds. The van der Waals surface area contributed by atoms with Crippen LogP contribution in [0.3, 0.4) is 0 Å². The number of carbonyl (C=O) groups excluding carboxylic acids is 1. The SMILES string of the molecule is Cc1oc(-c2nn[nH]n2)cc1C(=O)NC(C)(C)c1ccccc1F. The summed E-state index contributed by atoms with van der Waals surface area (Å²) in [6.07, 6.45) is 0. The van der Waals surface area contributed by atoms with E-state index < -0.39 is 5.54 Å². The molecule has 2 N–H and O–H groups in total. The Hall–Kier alpha value is -3.03. The average molecular weight is 329 g/mol. The van der Waals surface area contributed by atoms with Crippen molar-refractivity contribution >= 4 is 5.91 Å². The van der Waals surface area contributed by atoms with Crippen LogP contribution >= 0.6 is 0 Å². The summed E-state index contributed by atoms with van der Waals surface area (Å²) in [5.41, 5.74) is -0.157. The number of hydrogen-bond acceptors (Lipinski definition) is 5. The Morgan fingerprint density at radius 2 is 2.08 bits per heavy atom. The maximum absolute atomic E-state index is 14.0. The first-order valence-electron chi connectivity index (χ1n) is 7.30. The summed E-state index contributed by atoms with van der Waals surface area (Å²) in [4.78, 5) is 12.6. The number of H-pyrrole nitrogens is 1. The van der Waals surface area contributed by atoms with Gasteiger partial charge >= 0.3 is 0 Å². The molecule has 0 saturated heterocycles. The van der Waals surface area contributed by atoms with Crippen molar-refractivity contribution in [2.75, 3.05) is 0 Å². The lowest BCUT2D eigenvalue weighted by Gasteiger charge is -2.27. The zero-order valence-electron chi connectivity index (χ0n) is 13.4. The number of nitrogens with one attached hydrogen (secondary N) is 2. The summed E-state index contributed by atoms with van der Waals surface area (Å²) in [6.45, 7) is 5.13. The number of hydrogen-bond donors (Lipinski definition) is 2. The van der Waals surface area contributed by atoms with Crippen molar-refractivity contribution in [2.45, 2.75) is 26.3 Å². The number of aryl methyl sites for hydroxylation is 1. The van der Waals surface area contributed by atoms with E-state index in [0.29, 0.717) is 22.6 Å². The van der Waals surface area contributed by atoms with Gasteiger partial charge in [-0.15, -0.1) is 10.2 Å². The van der Waals surface area contributed by atoms with E-state index in [2.05, 4.69) is 25.9 Å². The molecule has 3 rings (SSSR count). The molecule has 0 aliphatic heterocycles. The molecule has 0 radical (unpaired) electrons. The second kappa shape index (κ2) is 5.88. The molecular formula is C16H16FN5O2. The third-order valence-electron chi connectivity index (χ3n) is 3.70. The number of aromatic amines is 1. The Kier molecular flexibility index (Phi) is 3.88. The van der Waals surface area contributed by atoms with E-state index in [4.69, 9.17) is 4.42 Å². The molecule has 2 aromatic heterocycles. The van der Waals surface area contributed by atoms with Crippen molar-refractivity contribution in [1.82, 2.24) is 25.9 Å². The van der Waals surface area contributed by atoms with Gasteiger partial charge in [-0.05, 0) is 32.1 Å². The standard InChI is InChI=1S/C16H16FN5O2/c1-9-10(8-13(24-9)14-19-21-22-20-14)15(23)18-16(2,3)11-6-4-5-7-12(11)17/h4-8H,1-3H3,(H,18,23)(H,19,20,21,22). The zero-order valence-corrected chi connectivity index (χ0v) is 13.4. The molecule has 7 nitrogen and oxygen atoms in total. The van der Waals surface area contributed by atoms with E-state index in [1.165, 1.54) is 12.1 Å². The van der Waals surface area contributed by atoms with Gasteiger partial charge in [0, 0.05) is 11.6 Å². The van der Waals surface area contributed by atoms with Crippen LogP contribution in [0, 0.1) is 12.7 Å². The number of tetrazole rings is 1. The third kappa shape index (κ3) is 2.90. The largest absolute Gasteiger partial charge is 0.457 e. The molecule has 3 aromatic rings. The number of rotatable bonds is 4. The predicted octanol–water partition coefficient (Wildman–Crippen LogP) is 2.57. The van der Waals surface area contributed by atoms with Gasteiger partial charge in [0.2, 0.25) is 5.82 Å². The van der Waals surface area contributed by atoms with Gasteiger partial charge in [0.25, 0.3) is 5.91 Å². The maximum atomic E-state index is 14.0. The summed E-state index contributed by atoms with van der Waals surface area (Å²) < 4.78 is 19.5. The Morgan fingerprint density at radius 1 is 1.33 bits per heavy atom. The van der Waals surface area contributed by atoms with Crippen molar-refractivity contribution in [1.29, 1.82) is 0 Å². The first-order valence-corrected chi connectivity index (χ1v) is 7.30. The van der Waals surface area contributed by atoms with Crippen molar-refractivity contribution < 1.29 is 13.6 Å². The van der Waals surface area contributed by atoms with Crippen molar-refractivity contribution in [3.63, 3.8) is 0 Å². The number of amides is 1. The van der Waals surface area contributed by atoms with Gasteiger partial charge < -0.3 is 9.73 Å². The Bertz CT molecular complexity index is 870. The van der Waals surface area contributed by atoms with Gasteiger partial charge in [-0.1, -0.05) is 18.2 Å². The molecule has 0 atom stereocenters. The van der Waals surface area contributed by atoms with Crippen LogP contribution in [0.15, 0.2) is 34.7 Å². The van der Waals surface area contributed by atoms with E-state index >= 15 is 0 Å². The minimum Gasteiger partial charge on any atom is -0.457 e. The van der Waals surface area contributed by atoms with Gasteiger partial charge in [0.1, 0.15) is 11.6 Å². The summed E-state index contributed by atoms with van der Waals surface area (Å²) in [5, 5.41) is 16.2. The normalized spacial score (nSPS) is 11.5. The van der Waals surface area contributed by atoms with Crippen LogP contribution in [-0.4, -0.2) is 26.5 Å². The van der Waals surface area contributed by atoms with Crippen LogP contribution in [-0.2, 0) is 5.54 Å². The first kappa shape index (κ1) is 15.9. The molecular weight excluding hydrogens is 313 g/mol. The van der Waals surface area contributed by atoms with Crippen LogP contribution in [0.25, 0.3) is 11.6 Å². The lowest BCUT2D eigenvalue weighted by Crippen LogP contribution is -2.41. The lowest BCUT2D eigenvalue weighted by atomic mass is 9.93. The number of halogens is 1. The minimum absolute atomic E-state index is 0.255. The van der Waals surface area contributed by atoms with Crippen molar-refractivity contribution in [3.8, 4) is 11.6 Å². The van der Waals surface area contributed by atoms with Crippen LogP contribution in [0.4, 0.5) is 4.39 Å². The van der Waals surface area contributed by atoms with Gasteiger partial charge in [-0.25, -0.2) is 4.39 Å². The number of aromatic nitrogens is 4. The number of nitrogens with zero attached hydrogens (tertiary/aromatic N) is 3. The van der Waals surface area contributed by atoms with Crippen LogP contribution < -0.4 is 5.32 Å². The molecule has 0 saturated carbocycles. The minimum atomic E-state index is -0.890. The quantitative estimate of drug-likeness (QED) is 0.767. The summed E-state index contributed by atoms with van der Waals surface area (Å²) >= 11 is 0. The molecule has 0 fully saturated rings. The highest BCUT2D eigenvalue weighted by atomic mass is 19.1. The Morgan fingerprint density at radius 3 is 2.75 bits per heavy atom. The average Bonchev–Trinajstić information content (AvgIpc) is 3.16. The van der Waals surface area contributed by atoms with E-state index in [9.17, 15) is 9.18 Å². The van der Waals surface area contributed by atoms with Gasteiger partial charge in [-0.2, -0.15) is 5.21 Å². The molecule has 24 heavy (non-hydrogen) atoms. The van der Waals surface area contributed by atoms with Gasteiger partial charge in [0.15, 0.2) is 5.76 Å². The molecule has 0 spiro atoms. The zero-order chi connectivity index (χ0) is 17.3. The Balaban J connectivity index is 1.86. The van der Waals surface area contributed by atoms with E-state index in [1.54, 1.807) is 39.0 Å². The van der Waals surface area contributed by atoms with Gasteiger partial charge in [-0.3, -0.25) is 4.79 Å². The molecule has 1 aromatic carbocycles. The summed E-state index contributed by atoms with van der Waals surface area (Å²) in [7, 11) is 0. The topological polar surface area (TPSA) is 96.7 Å². The van der Waals surface area contributed by atoms with Crippen molar-refractivity contribution in [3.05, 3.63) is 53.0 Å². The number of benzene rings is 1. The highest BCUT2D eigenvalue weighted by Crippen LogP contribution is 2.26. The van der Waals surface area contributed by atoms with Crippen molar-refractivity contribution in [2.24, 2.45) is 0 Å². The smallest absolute Gasteiger partial charge is 0.255 e. The van der Waals surface area contributed by atoms with E-state index in [-0.39, 0.29) is 17.5 Å². The molecule has 0 aliphatic rings. The fourth-order valence-corrected chi connectivity index (χ4v) is 2.47. The molecule has 0 unspecified atom stereocenters. The third-order valence-corrected chi connectivity index (χ3v) is 3.70. The fraction of sp³-hybridized carbons (Fsp3) is 0.250. The first-order chi connectivity index (χ1) is 11.4. The summed E-state index contributed by atoms with van der Waals surface area (Å²) in [5.74, 6) is 0.246. The van der Waals surface area contributed by atoms with Crippen LogP contribution in [0.5, 0.6) is 0 Å². The summed E-state index contributed by atoms with van der Waals surface area (Å²) in [6, 6.07) is 7.87. The second-order valence-corrected chi connectivity index (χ2v) is 5.87. The number of furan rings is 1. The van der Waals surface area contributed by atoms with E-state index in [0.717, 1.165) is 0 Å². The van der Waals surface area contributed by atoms with E-state index in [1.807, 2.05) is 0 Å². The maximum Gasteiger partial charge on any atom is 0.255 e. The van der Waals surface area contributed by atoms with Gasteiger partial charge in [0.05, 0.1) is 11.1 Å². The highest BCUT2D eigenvalue weighted by molar-refractivity contribution is 5.96. The molecule has 2 heterocycles. The molecule has 0 bridgehead atoms. The monoisotopic (exact) mass is 329 g/mol. The molecule has 0 aliphatic carbocycles. The molecule has 124 valence electrons. The molecule has 8 heteroatoms. The lowest BCUT2D eigenvalue weighted by molar-refractivity contribution is 0.0909. The van der Waals surface area contributed by atoms with Crippen LogP contribution in [0.1, 0.15) is 35.5 Å². The van der Waals surface area contributed by atoms with Crippen LogP contribution in [0.2, 0.25) is 0 Å². The fourth-order valence-electron chi connectivity index (χ4n) is 2.47. The number of carbonyl (C=O) groups is 1.